The lowest BCUT2D eigenvalue weighted by Crippen LogP contribution is -2.18. The molecule has 7 nitrogen and oxygen atoms in total. The highest BCUT2D eigenvalue weighted by Crippen LogP contribution is 2.54. The normalized spacial score (nSPS) is 14.3. The van der Waals surface area contributed by atoms with E-state index in [-0.39, 0.29) is 28.7 Å². The Morgan fingerprint density at radius 3 is 2.65 bits per heavy atom. The van der Waals surface area contributed by atoms with Crippen LogP contribution in [0.3, 0.4) is 0 Å². The van der Waals surface area contributed by atoms with E-state index in [1.165, 1.54) is 0 Å². The van der Waals surface area contributed by atoms with Crippen molar-refractivity contribution in [3.8, 4) is 29.2 Å². The minimum absolute atomic E-state index is 0.0152. The Balaban J connectivity index is 1.88. The second-order valence-electron chi connectivity index (χ2n) is 7.25. The number of fused-ring (bicyclic) bond motifs is 3. The number of para-hydroxylation sites is 1. The Morgan fingerprint density at radius 1 is 1.06 bits per heavy atom. The van der Waals surface area contributed by atoms with Crippen LogP contribution in [0.5, 0.6) is 23.1 Å². The van der Waals surface area contributed by atoms with Gasteiger partial charge in [0.2, 0.25) is 5.88 Å². The number of aromatic hydroxyl groups is 1. The number of nitrogens with zero attached hydrogens (tertiary/aromatic N) is 2. The van der Waals surface area contributed by atoms with E-state index in [1.54, 1.807) is 13.2 Å². The summed E-state index contributed by atoms with van der Waals surface area (Å²) in [5.74, 6) is 0.725. The molecule has 1 aliphatic heterocycles. The minimum Gasteiger partial charge on any atom is -0.507 e. The predicted octanol–water partition coefficient (Wildman–Crippen LogP) is 4.27. The first kappa shape index (κ1) is 18.6. The minimum atomic E-state index is -0.543. The lowest BCUT2D eigenvalue weighted by molar-refractivity contribution is 0.363. The average molecular weight is 410 g/mol. The second kappa shape index (κ2) is 6.82. The molecule has 31 heavy (non-hydrogen) atoms. The van der Waals surface area contributed by atoms with Gasteiger partial charge >= 0.3 is 0 Å². The summed E-state index contributed by atoms with van der Waals surface area (Å²) in [6, 6.07) is 18.9. The highest BCUT2D eigenvalue weighted by molar-refractivity contribution is 5.90. The number of nitrogens with two attached hydrogens (primary N) is 2. The van der Waals surface area contributed by atoms with E-state index in [2.05, 4.69) is 4.98 Å². The highest BCUT2D eigenvalue weighted by Gasteiger charge is 2.36. The summed E-state index contributed by atoms with van der Waals surface area (Å²) in [4.78, 5) is 4.30. The van der Waals surface area contributed by atoms with Gasteiger partial charge < -0.3 is 26.0 Å². The number of anilines is 2. The Kier molecular flexibility index (Phi) is 4.09. The van der Waals surface area contributed by atoms with Gasteiger partial charge in [-0.2, -0.15) is 10.2 Å². The molecular weight excluding hydrogens is 392 g/mol. The molecule has 3 aromatic carbocycles. The van der Waals surface area contributed by atoms with Gasteiger partial charge in [0.05, 0.1) is 18.4 Å². The number of nitriles is 1. The molecule has 7 heteroatoms. The largest absolute Gasteiger partial charge is 0.507 e. The molecule has 1 aliphatic rings. The quantitative estimate of drug-likeness (QED) is 0.396. The van der Waals surface area contributed by atoms with Gasteiger partial charge in [0.15, 0.2) is 11.5 Å². The molecule has 0 aliphatic carbocycles. The van der Waals surface area contributed by atoms with Crippen molar-refractivity contribution < 1.29 is 14.6 Å². The molecule has 1 atom stereocenters. The number of phenols is 1. The van der Waals surface area contributed by atoms with Crippen LogP contribution in [-0.2, 0) is 0 Å². The SMILES string of the molecule is COc1cccc2c1Oc1nc(N)c(C#N)c(N)c1C2c1ccc2ccccc2c1O. The first-order valence-electron chi connectivity index (χ1n) is 9.59. The van der Waals surface area contributed by atoms with E-state index in [0.29, 0.717) is 28.0 Å². The fourth-order valence-electron chi connectivity index (χ4n) is 4.20. The van der Waals surface area contributed by atoms with Crippen LogP contribution in [-0.4, -0.2) is 17.2 Å². The number of aromatic nitrogens is 1. The van der Waals surface area contributed by atoms with Crippen molar-refractivity contribution in [3.05, 3.63) is 76.9 Å². The van der Waals surface area contributed by atoms with Crippen LogP contribution in [0.4, 0.5) is 11.5 Å². The van der Waals surface area contributed by atoms with Gasteiger partial charge in [0, 0.05) is 22.4 Å². The Morgan fingerprint density at radius 2 is 1.87 bits per heavy atom. The molecule has 0 spiro atoms. The number of ether oxygens (including phenoxy) is 2. The molecule has 0 fully saturated rings. The molecule has 1 aromatic heterocycles. The molecular formula is C24H18N4O3. The van der Waals surface area contributed by atoms with E-state index in [0.717, 1.165) is 10.9 Å². The summed E-state index contributed by atoms with van der Waals surface area (Å²) >= 11 is 0. The third-order valence-electron chi connectivity index (χ3n) is 5.65. The summed E-state index contributed by atoms with van der Waals surface area (Å²) in [5.41, 5.74) is 14.4. The van der Waals surface area contributed by atoms with Crippen LogP contribution in [0, 0.1) is 11.3 Å². The van der Waals surface area contributed by atoms with E-state index >= 15 is 0 Å². The van der Waals surface area contributed by atoms with Gasteiger partial charge in [-0.3, -0.25) is 0 Å². The van der Waals surface area contributed by atoms with Crippen molar-refractivity contribution in [2.75, 3.05) is 18.6 Å². The summed E-state index contributed by atoms with van der Waals surface area (Å²) in [6.07, 6.45) is 0. The topological polar surface area (TPSA) is 127 Å². The zero-order valence-electron chi connectivity index (χ0n) is 16.6. The summed E-state index contributed by atoms with van der Waals surface area (Å²) < 4.78 is 11.5. The van der Waals surface area contributed by atoms with Crippen LogP contribution >= 0.6 is 0 Å². The molecule has 0 bridgehead atoms. The third-order valence-corrected chi connectivity index (χ3v) is 5.65. The lowest BCUT2D eigenvalue weighted by atomic mass is 9.81. The molecule has 5 N–H and O–H groups in total. The Labute approximate surface area is 178 Å². The van der Waals surface area contributed by atoms with E-state index in [1.807, 2.05) is 54.6 Å². The maximum atomic E-state index is 11.2. The molecule has 0 saturated carbocycles. The molecule has 1 unspecified atom stereocenters. The maximum Gasteiger partial charge on any atom is 0.227 e. The lowest BCUT2D eigenvalue weighted by Gasteiger charge is -2.30. The van der Waals surface area contributed by atoms with E-state index < -0.39 is 5.92 Å². The average Bonchev–Trinajstić information content (AvgIpc) is 2.78. The van der Waals surface area contributed by atoms with Crippen molar-refractivity contribution in [1.29, 1.82) is 5.26 Å². The fourth-order valence-corrected chi connectivity index (χ4v) is 4.20. The highest BCUT2D eigenvalue weighted by atomic mass is 16.5. The van der Waals surface area contributed by atoms with Crippen LogP contribution in [0.2, 0.25) is 0 Å². The van der Waals surface area contributed by atoms with Gasteiger partial charge in [-0.25, -0.2) is 0 Å². The van der Waals surface area contributed by atoms with Gasteiger partial charge in [-0.15, -0.1) is 0 Å². The number of hydrogen-bond donors (Lipinski definition) is 3. The molecule has 0 saturated heterocycles. The number of rotatable bonds is 2. The third kappa shape index (κ3) is 2.62. The smallest absolute Gasteiger partial charge is 0.227 e. The number of benzene rings is 3. The monoisotopic (exact) mass is 410 g/mol. The maximum absolute atomic E-state index is 11.2. The zero-order chi connectivity index (χ0) is 21.7. The number of nitrogen functional groups attached to an aromatic ring is 2. The van der Waals surface area contributed by atoms with Crippen LogP contribution in [0.15, 0.2) is 54.6 Å². The van der Waals surface area contributed by atoms with Gasteiger partial charge in [0.1, 0.15) is 23.2 Å². The molecule has 4 aromatic rings. The zero-order valence-corrected chi connectivity index (χ0v) is 16.6. The second-order valence-corrected chi connectivity index (χ2v) is 7.25. The Hall–Kier alpha value is -4.44. The molecule has 0 amide bonds. The summed E-state index contributed by atoms with van der Waals surface area (Å²) in [5, 5.41) is 22.4. The number of pyridine rings is 1. The van der Waals surface area contributed by atoms with Crippen molar-refractivity contribution in [3.63, 3.8) is 0 Å². The van der Waals surface area contributed by atoms with Crippen molar-refractivity contribution >= 4 is 22.3 Å². The van der Waals surface area contributed by atoms with E-state index in [9.17, 15) is 10.4 Å². The van der Waals surface area contributed by atoms with Crippen molar-refractivity contribution in [2.45, 2.75) is 5.92 Å². The Bertz CT molecular complexity index is 1410. The number of phenolic OH excluding ortho intramolecular Hbond substituents is 1. The van der Waals surface area contributed by atoms with E-state index in [4.69, 9.17) is 20.9 Å². The summed E-state index contributed by atoms with van der Waals surface area (Å²) in [6.45, 7) is 0. The van der Waals surface area contributed by atoms with Crippen LogP contribution < -0.4 is 20.9 Å². The van der Waals surface area contributed by atoms with Gasteiger partial charge in [-0.05, 0) is 11.5 Å². The molecule has 0 radical (unpaired) electrons. The predicted molar refractivity (Wildman–Crippen MR) is 117 cm³/mol. The first-order valence-corrected chi connectivity index (χ1v) is 9.59. The molecule has 2 heterocycles. The molecule has 5 rings (SSSR count). The van der Waals surface area contributed by atoms with Gasteiger partial charge in [0.25, 0.3) is 0 Å². The summed E-state index contributed by atoms with van der Waals surface area (Å²) in [7, 11) is 1.55. The van der Waals surface area contributed by atoms with Crippen LogP contribution in [0.1, 0.15) is 28.2 Å². The number of methoxy groups -OCH3 is 1. The number of hydrogen-bond acceptors (Lipinski definition) is 7. The first-order chi connectivity index (χ1) is 15.0. The van der Waals surface area contributed by atoms with Crippen LogP contribution in [0.25, 0.3) is 10.8 Å². The molecule has 152 valence electrons. The van der Waals surface area contributed by atoms with Gasteiger partial charge in [-0.1, -0.05) is 48.5 Å². The van der Waals surface area contributed by atoms with Crippen molar-refractivity contribution in [1.82, 2.24) is 4.98 Å². The van der Waals surface area contributed by atoms with Crippen molar-refractivity contribution in [2.24, 2.45) is 0 Å². The standard InChI is InChI=1S/C24H18N4O3/c1-30-17-8-4-7-15-18(14-10-9-12-5-2-3-6-13(12)21(14)29)19-20(26)16(11-25)23(27)28-24(19)31-22(15)17/h2-10,18,29H,1H3,(H4,26,27,28). The fraction of sp³-hybridized carbons (Fsp3) is 0.0833.